The molecule has 0 fully saturated rings. The maximum absolute atomic E-state index is 8.68. The summed E-state index contributed by atoms with van der Waals surface area (Å²) in [5.74, 6) is 0. The second kappa shape index (κ2) is 6.41. The first-order chi connectivity index (χ1) is 15.9. The van der Waals surface area contributed by atoms with Gasteiger partial charge in [-0.2, -0.15) is 0 Å². The fourth-order valence-corrected chi connectivity index (χ4v) is 3.80. The highest BCUT2D eigenvalue weighted by atomic mass is 15.0. The van der Waals surface area contributed by atoms with Crippen molar-refractivity contribution in [3.63, 3.8) is 0 Å². The first-order valence-corrected chi connectivity index (χ1v) is 9.69. The van der Waals surface area contributed by atoms with E-state index >= 15 is 0 Å². The second-order valence-electron chi connectivity index (χ2n) is 8.37. The fraction of sp³-hybridized carbons (Fsp3) is 0.231. The Kier molecular flexibility index (Phi) is 2.90. The van der Waals surface area contributed by atoms with Gasteiger partial charge in [0.1, 0.15) is 5.65 Å². The minimum absolute atomic E-state index is 0.0186. The van der Waals surface area contributed by atoms with Crippen LogP contribution in [0, 0.1) is 12.3 Å². The monoisotopic (exact) mass is 384 g/mol. The Morgan fingerprint density at radius 1 is 1.07 bits per heavy atom. The first-order valence-electron chi connectivity index (χ1n) is 12.2. The van der Waals surface area contributed by atoms with E-state index in [0.29, 0.717) is 5.69 Å². The van der Waals surface area contributed by atoms with Gasteiger partial charge >= 0.3 is 0 Å². The lowest BCUT2D eigenvalue weighted by atomic mass is 9.87. The number of hydrogen-bond donors (Lipinski definition) is 0. The Bertz CT molecular complexity index is 1560. The maximum atomic E-state index is 8.68. The molecule has 29 heavy (non-hydrogen) atoms. The number of hydrogen-bond acceptors (Lipinski definition) is 2. The Balaban J connectivity index is 1.82. The molecule has 0 spiro atoms. The lowest BCUT2D eigenvalue weighted by Crippen LogP contribution is -2.10. The van der Waals surface area contributed by atoms with Crippen LogP contribution < -0.4 is 0 Å². The predicted molar refractivity (Wildman–Crippen MR) is 121 cm³/mol. The van der Waals surface area contributed by atoms with Crippen molar-refractivity contribution < 1.29 is 6.85 Å². The summed E-state index contributed by atoms with van der Waals surface area (Å²) in [6.07, 6.45) is 1.50. The standard InChI is InChI=1S/C26H25N3/c1-17-14-22(27-16-19(17)15-26(2,3)4)20-9-7-8-18-12-13-29-23-11-6-5-10-21(23)28-25(29)24(18)20/h5-14,16H,15H2,1-4H3/i1D3,15D2. The van der Waals surface area contributed by atoms with Gasteiger partial charge in [-0.15, -0.1) is 0 Å². The third kappa shape index (κ3) is 3.07. The molecule has 0 atom stereocenters. The Labute approximate surface area is 178 Å². The number of aromatic nitrogens is 3. The highest BCUT2D eigenvalue weighted by molar-refractivity contribution is 6.06. The molecular weight excluding hydrogens is 354 g/mol. The van der Waals surface area contributed by atoms with E-state index in [1.165, 1.54) is 12.3 Å². The number of fused-ring (bicyclic) bond motifs is 5. The van der Waals surface area contributed by atoms with Crippen molar-refractivity contribution in [1.29, 1.82) is 0 Å². The Hall–Kier alpha value is -3.20. The van der Waals surface area contributed by atoms with E-state index in [9.17, 15) is 0 Å². The lowest BCUT2D eigenvalue weighted by molar-refractivity contribution is 0.410. The molecule has 3 heterocycles. The van der Waals surface area contributed by atoms with E-state index < -0.39 is 18.6 Å². The summed E-state index contributed by atoms with van der Waals surface area (Å²) in [6.45, 7) is 2.78. The molecule has 5 aromatic rings. The van der Waals surface area contributed by atoms with Gasteiger partial charge in [0.05, 0.1) is 16.7 Å². The van der Waals surface area contributed by atoms with Gasteiger partial charge in [-0.05, 0) is 59.4 Å². The number of para-hydroxylation sites is 2. The Morgan fingerprint density at radius 2 is 1.93 bits per heavy atom. The van der Waals surface area contributed by atoms with Crippen molar-refractivity contribution in [2.45, 2.75) is 34.0 Å². The quantitative estimate of drug-likeness (QED) is 0.343. The summed E-state index contributed by atoms with van der Waals surface area (Å²) in [5, 5.41) is 1.84. The summed E-state index contributed by atoms with van der Waals surface area (Å²) in [5.41, 5.74) is 3.12. The molecule has 0 amide bonds. The molecule has 0 bridgehead atoms. The molecule has 0 aliphatic heterocycles. The van der Waals surface area contributed by atoms with Crippen molar-refractivity contribution in [3.05, 3.63) is 78.1 Å². The van der Waals surface area contributed by atoms with E-state index in [1.807, 2.05) is 59.1 Å². The van der Waals surface area contributed by atoms with E-state index in [1.54, 1.807) is 20.8 Å². The van der Waals surface area contributed by atoms with Crippen molar-refractivity contribution in [3.8, 4) is 11.3 Å². The van der Waals surface area contributed by atoms with Crippen molar-refractivity contribution in [1.82, 2.24) is 14.4 Å². The molecule has 0 radical (unpaired) electrons. The van der Waals surface area contributed by atoms with Crippen LogP contribution in [0.25, 0.3) is 38.7 Å². The third-order valence-corrected chi connectivity index (χ3v) is 5.01. The topological polar surface area (TPSA) is 30.2 Å². The van der Waals surface area contributed by atoms with Gasteiger partial charge < -0.3 is 0 Å². The molecule has 3 nitrogen and oxygen atoms in total. The normalized spacial score (nSPS) is 15.8. The van der Waals surface area contributed by atoms with Crippen LogP contribution in [0.15, 0.2) is 67.0 Å². The molecule has 0 aliphatic carbocycles. The van der Waals surface area contributed by atoms with E-state index in [0.717, 1.165) is 33.0 Å². The van der Waals surface area contributed by atoms with Crippen molar-refractivity contribution in [2.24, 2.45) is 5.41 Å². The van der Waals surface area contributed by atoms with Crippen LogP contribution in [0.3, 0.4) is 0 Å². The average molecular weight is 385 g/mol. The van der Waals surface area contributed by atoms with Crippen LogP contribution in [-0.4, -0.2) is 14.4 Å². The number of rotatable bonds is 2. The fourth-order valence-electron chi connectivity index (χ4n) is 3.80. The summed E-state index contributed by atoms with van der Waals surface area (Å²) in [4.78, 5) is 9.44. The number of pyridine rings is 2. The molecule has 5 rings (SSSR count). The zero-order valence-electron chi connectivity index (χ0n) is 21.7. The molecular formula is C26H25N3. The van der Waals surface area contributed by atoms with E-state index in [-0.39, 0.29) is 11.1 Å². The molecule has 3 aromatic heterocycles. The van der Waals surface area contributed by atoms with Gasteiger partial charge in [-0.25, -0.2) is 4.98 Å². The summed E-state index contributed by atoms with van der Waals surface area (Å²) >= 11 is 0. The van der Waals surface area contributed by atoms with Crippen molar-refractivity contribution >= 4 is 27.5 Å². The number of imidazole rings is 1. The van der Waals surface area contributed by atoms with E-state index in [2.05, 4.69) is 4.98 Å². The molecule has 0 unspecified atom stereocenters. The van der Waals surface area contributed by atoms with Gasteiger partial charge in [-0.3, -0.25) is 9.38 Å². The Morgan fingerprint density at radius 3 is 2.76 bits per heavy atom. The van der Waals surface area contributed by atoms with Gasteiger partial charge in [-0.1, -0.05) is 51.1 Å². The SMILES string of the molecule is [2H]C([2H])([2H])c1cc(-c2cccc3ccn4c5ccccc5nc4c23)ncc1C([2H])([2H])C(C)(C)C. The predicted octanol–water partition coefficient (Wildman–Crippen LogP) is 6.60. The van der Waals surface area contributed by atoms with Crippen LogP contribution in [-0.2, 0) is 6.37 Å². The molecule has 3 heteroatoms. The molecule has 0 saturated heterocycles. The molecule has 2 aromatic carbocycles. The number of aryl methyl sites for hydroxylation is 1. The minimum Gasteiger partial charge on any atom is -0.299 e. The van der Waals surface area contributed by atoms with Crippen LogP contribution >= 0.6 is 0 Å². The van der Waals surface area contributed by atoms with Crippen LogP contribution in [0.1, 0.15) is 38.8 Å². The van der Waals surface area contributed by atoms with E-state index in [4.69, 9.17) is 11.8 Å². The molecule has 0 N–H and O–H groups in total. The molecule has 0 saturated carbocycles. The second-order valence-corrected chi connectivity index (χ2v) is 8.37. The maximum Gasteiger partial charge on any atom is 0.146 e. The smallest absolute Gasteiger partial charge is 0.146 e. The van der Waals surface area contributed by atoms with Crippen molar-refractivity contribution in [2.75, 3.05) is 0 Å². The highest BCUT2D eigenvalue weighted by Gasteiger charge is 2.16. The lowest BCUT2D eigenvalue weighted by Gasteiger charge is -2.19. The van der Waals surface area contributed by atoms with Gasteiger partial charge in [0.2, 0.25) is 0 Å². The van der Waals surface area contributed by atoms with Crippen LogP contribution in [0.2, 0.25) is 0 Å². The largest absolute Gasteiger partial charge is 0.299 e. The van der Waals surface area contributed by atoms with Crippen LogP contribution in [0.5, 0.6) is 0 Å². The highest BCUT2D eigenvalue weighted by Crippen LogP contribution is 2.33. The zero-order valence-corrected chi connectivity index (χ0v) is 16.7. The first kappa shape index (κ1) is 13.1. The van der Waals surface area contributed by atoms with Gasteiger partial charge in [0.25, 0.3) is 0 Å². The molecule has 144 valence electrons. The van der Waals surface area contributed by atoms with Gasteiger partial charge in [0, 0.05) is 30.2 Å². The molecule has 0 aliphatic rings. The summed E-state index contributed by atoms with van der Waals surface area (Å²) in [6, 6.07) is 17.2. The van der Waals surface area contributed by atoms with Crippen LogP contribution in [0.4, 0.5) is 0 Å². The van der Waals surface area contributed by atoms with Gasteiger partial charge in [0.15, 0.2) is 0 Å². The third-order valence-electron chi connectivity index (χ3n) is 5.01. The summed E-state index contributed by atoms with van der Waals surface area (Å²) in [7, 11) is 0. The average Bonchev–Trinajstić information content (AvgIpc) is 3.16. The number of nitrogens with zero attached hydrogens (tertiary/aromatic N) is 3. The zero-order chi connectivity index (χ0) is 24.5. The minimum atomic E-state index is -2.49. The number of benzene rings is 2. The summed E-state index contributed by atoms with van der Waals surface area (Å²) < 4.78 is 43.8.